The summed E-state index contributed by atoms with van der Waals surface area (Å²) in [6.07, 6.45) is 0.791. The average Bonchev–Trinajstić information content (AvgIpc) is 2.95. The van der Waals surface area contributed by atoms with Crippen molar-refractivity contribution in [3.63, 3.8) is 0 Å². The Morgan fingerprint density at radius 1 is 0.931 bits per heavy atom. The number of benzene rings is 2. The average molecular weight is 399 g/mol. The zero-order valence-electron chi connectivity index (χ0n) is 17.2. The van der Waals surface area contributed by atoms with E-state index in [1.807, 2.05) is 18.2 Å². The van der Waals surface area contributed by atoms with Crippen LogP contribution in [-0.2, 0) is 25.3 Å². The fourth-order valence-electron chi connectivity index (χ4n) is 3.35. The van der Waals surface area contributed by atoms with E-state index < -0.39 is 0 Å². The first-order valence-electron chi connectivity index (χ1n) is 9.13. The van der Waals surface area contributed by atoms with Crippen LogP contribution in [0.25, 0.3) is 11.0 Å². The lowest BCUT2D eigenvalue weighted by atomic mass is 10.1. The van der Waals surface area contributed by atoms with Crippen molar-refractivity contribution in [1.82, 2.24) is 9.13 Å². The fraction of sp³-hybridized carbons (Fsp3) is 0.333. The second-order valence-electron chi connectivity index (χ2n) is 6.69. The molecule has 1 heterocycles. The molecule has 1 aromatic heterocycles. The molecule has 8 nitrogen and oxygen atoms in total. The molecule has 0 bridgehead atoms. The molecule has 0 atom stereocenters. The Balaban J connectivity index is 1.73. The minimum Gasteiger partial charge on any atom is -0.493 e. The van der Waals surface area contributed by atoms with Gasteiger partial charge in [0.25, 0.3) is 0 Å². The zero-order chi connectivity index (χ0) is 21.1. The molecule has 0 spiro atoms. The number of aromatic nitrogens is 2. The molecule has 8 heteroatoms. The van der Waals surface area contributed by atoms with Crippen LogP contribution in [-0.4, -0.2) is 36.4 Å². The first-order valence-corrected chi connectivity index (χ1v) is 9.13. The van der Waals surface area contributed by atoms with E-state index in [1.54, 1.807) is 56.7 Å². The maximum atomic E-state index is 12.4. The molecule has 3 aromatic rings. The molecule has 1 amide bonds. The number of hydrogen-bond donors (Lipinski definition) is 1. The van der Waals surface area contributed by atoms with Crippen molar-refractivity contribution in [2.75, 3.05) is 26.6 Å². The second-order valence-corrected chi connectivity index (χ2v) is 6.69. The van der Waals surface area contributed by atoms with Gasteiger partial charge in [0, 0.05) is 26.2 Å². The molecule has 0 aliphatic rings. The van der Waals surface area contributed by atoms with Crippen LogP contribution in [0.5, 0.6) is 17.2 Å². The number of aryl methyl sites for hydroxylation is 3. The quantitative estimate of drug-likeness (QED) is 0.660. The van der Waals surface area contributed by atoms with E-state index in [-0.39, 0.29) is 18.0 Å². The minimum absolute atomic E-state index is 0.106. The van der Waals surface area contributed by atoms with Gasteiger partial charge in [-0.05, 0) is 42.3 Å². The van der Waals surface area contributed by atoms with Crippen molar-refractivity contribution in [3.05, 3.63) is 46.4 Å². The monoisotopic (exact) mass is 399 g/mol. The van der Waals surface area contributed by atoms with Crippen LogP contribution in [0, 0.1) is 0 Å². The third-order valence-electron chi connectivity index (χ3n) is 4.92. The molecule has 1 N–H and O–H groups in total. The molecule has 0 saturated carbocycles. The number of nitrogens with one attached hydrogen (secondary N) is 1. The Morgan fingerprint density at radius 3 is 2.14 bits per heavy atom. The normalized spacial score (nSPS) is 10.8. The van der Waals surface area contributed by atoms with Gasteiger partial charge < -0.3 is 19.5 Å². The van der Waals surface area contributed by atoms with Gasteiger partial charge in [-0.25, -0.2) is 4.79 Å². The van der Waals surface area contributed by atoms with Crippen molar-refractivity contribution in [3.8, 4) is 17.2 Å². The molecular weight excluding hydrogens is 374 g/mol. The van der Waals surface area contributed by atoms with Gasteiger partial charge in [-0.3, -0.25) is 13.9 Å². The standard InChI is InChI=1S/C21H25N3O5/c1-23-15-8-7-14(12-16(15)24(2)21(23)26)22-19(25)9-6-13-10-17(27-3)20(29-5)18(11-13)28-4/h7-8,10-12H,6,9H2,1-5H3,(H,22,25). The van der Waals surface area contributed by atoms with E-state index in [9.17, 15) is 9.59 Å². The number of rotatable bonds is 7. The van der Waals surface area contributed by atoms with Gasteiger partial charge in [0.15, 0.2) is 11.5 Å². The lowest BCUT2D eigenvalue weighted by molar-refractivity contribution is -0.116. The van der Waals surface area contributed by atoms with Gasteiger partial charge in [-0.15, -0.1) is 0 Å². The minimum atomic E-state index is -0.126. The van der Waals surface area contributed by atoms with Crippen molar-refractivity contribution in [2.24, 2.45) is 14.1 Å². The number of hydrogen-bond acceptors (Lipinski definition) is 5. The lowest BCUT2D eigenvalue weighted by Crippen LogP contribution is -2.19. The van der Waals surface area contributed by atoms with Crippen LogP contribution in [0.2, 0.25) is 0 Å². The summed E-state index contributed by atoms with van der Waals surface area (Å²) in [5.41, 5.74) is 3.02. The predicted molar refractivity (Wildman–Crippen MR) is 111 cm³/mol. The van der Waals surface area contributed by atoms with Crippen molar-refractivity contribution in [2.45, 2.75) is 12.8 Å². The Morgan fingerprint density at radius 2 is 1.55 bits per heavy atom. The molecule has 2 aromatic carbocycles. The van der Waals surface area contributed by atoms with Crippen LogP contribution >= 0.6 is 0 Å². The summed E-state index contributed by atoms with van der Waals surface area (Å²) in [5.74, 6) is 1.50. The smallest absolute Gasteiger partial charge is 0.328 e. The number of fused-ring (bicyclic) bond motifs is 1. The molecule has 0 radical (unpaired) electrons. The first kappa shape index (κ1) is 20.3. The second kappa shape index (κ2) is 8.30. The van der Waals surface area contributed by atoms with Crippen molar-refractivity contribution in [1.29, 1.82) is 0 Å². The summed E-state index contributed by atoms with van der Waals surface area (Å²) >= 11 is 0. The number of carbonyl (C=O) groups is 1. The number of nitrogens with zero attached hydrogens (tertiary/aromatic N) is 2. The summed E-state index contributed by atoms with van der Waals surface area (Å²) in [4.78, 5) is 24.5. The van der Waals surface area contributed by atoms with Crippen LogP contribution in [0.4, 0.5) is 5.69 Å². The predicted octanol–water partition coefficient (Wildman–Crippen LogP) is 2.47. The molecular formula is C21H25N3O5. The van der Waals surface area contributed by atoms with E-state index in [4.69, 9.17) is 14.2 Å². The third kappa shape index (κ3) is 3.91. The molecule has 0 aliphatic carbocycles. The Bertz CT molecular complexity index is 1090. The highest BCUT2D eigenvalue weighted by atomic mass is 16.5. The van der Waals surface area contributed by atoms with E-state index in [2.05, 4.69) is 5.32 Å². The molecule has 29 heavy (non-hydrogen) atoms. The van der Waals surface area contributed by atoms with Crippen LogP contribution < -0.4 is 25.2 Å². The number of anilines is 1. The maximum absolute atomic E-state index is 12.4. The molecule has 154 valence electrons. The molecule has 0 fully saturated rings. The van der Waals surface area contributed by atoms with Crippen LogP contribution in [0.1, 0.15) is 12.0 Å². The van der Waals surface area contributed by atoms with Crippen LogP contribution in [0.3, 0.4) is 0 Å². The summed E-state index contributed by atoms with van der Waals surface area (Å²) < 4.78 is 19.1. The number of imidazole rings is 1. The summed E-state index contributed by atoms with van der Waals surface area (Å²) in [5, 5.41) is 2.89. The van der Waals surface area contributed by atoms with Gasteiger partial charge in [-0.2, -0.15) is 0 Å². The maximum Gasteiger partial charge on any atom is 0.328 e. The van der Waals surface area contributed by atoms with Crippen LogP contribution in [0.15, 0.2) is 35.1 Å². The Kier molecular flexibility index (Phi) is 5.81. The highest BCUT2D eigenvalue weighted by molar-refractivity contribution is 5.93. The largest absolute Gasteiger partial charge is 0.493 e. The first-order chi connectivity index (χ1) is 13.9. The highest BCUT2D eigenvalue weighted by Gasteiger charge is 2.14. The number of ether oxygens (including phenoxy) is 3. The van der Waals surface area contributed by atoms with Gasteiger partial charge in [0.05, 0.1) is 32.4 Å². The number of amides is 1. The molecule has 0 aliphatic heterocycles. The fourth-order valence-corrected chi connectivity index (χ4v) is 3.35. The Hall–Kier alpha value is -3.42. The number of methoxy groups -OCH3 is 3. The third-order valence-corrected chi connectivity index (χ3v) is 4.92. The molecule has 0 saturated heterocycles. The van der Waals surface area contributed by atoms with E-state index in [1.165, 1.54) is 0 Å². The van der Waals surface area contributed by atoms with Crippen molar-refractivity contribution >= 4 is 22.6 Å². The summed E-state index contributed by atoms with van der Waals surface area (Å²) in [6, 6.07) is 9.08. The van der Waals surface area contributed by atoms with Crippen molar-refractivity contribution < 1.29 is 19.0 Å². The molecule has 0 unspecified atom stereocenters. The van der Waals surface area contributed by atoms with E-state index in [0.29, 0.717) is 29.4 Å². The lowest BCUT2D eigenvalue weighted by Gasteiger charge is -2.14. The van der Waals surface area contributed by atoms with Gasteiger partial charge in [0.1, 0.15) is 0 Å². The highest BCUT2D eigenvalue weighted by Crippen LogP contribution is 2.38. The van der Waals surface area contributed by atoms with Gasteiger partial charge in [0.2, 0.25) is 11.7 Å². The topological polar surface area (TPSA) is 83.7 Å². The summed E-state index contributed by atoms with van der Waals surface area (Å²) in [6.45, 7) is 0. The van der Waals surface area contributed by atoms with Gasteiger partial charge >= 0.3 is 5.69 Å². The van der Waals surface area contributed by atoms with Gasteiger partial charge in [-0.1, -0.05) is 0 Å². The van der Waals surface area contributed by atoms with E-state index in [0.717, 1.165) is 16.6 Å². The number of carbonyl (C=O) groups excluding carboxylic acids is 1. The zero-order valence-corrected chi connectivity index (χ0v) is 17.2. The Labute approximate surface area is 168 Å². The summed E-state index contributed by atoms with van der Waals surface area (Å²) in [7, 11) is 8.09. The SMILES string of the molecule is COc1cc(CCC(=O)Nc2ccc3c(c2)n(C)c(=O)n3C)cc(OC)c1OC. The molecule has 3 rings (SSSR count). The van der Waals surface area contributed by atoms with E-state index >= 15 is 0 Å².